The zero-order chi connectivity index (χ0) is 21.2. The monoisotopic (exact) mass is 411 g/mol. The highest BCUT2D eigenvalue weighted by Gasteiger charge is 2.31. The van der Waals surface area contributed by atoms with Crippen LogP contribution in [0, 0.1) is 6.92 Å². The predicted molar refractivity (Wildman–Crippen MR) is 117 cm³/mol. The fraction of sp³-hybridized carbons (Fsp3) is 0.167. The molecule has 0 bridgehead atoms. The van der Waals surface area contributed by atoms with E-state index < -0.39 is 0 Å². The number of ether oxygens (including phenoxy) is 1. The van der Waals surface area contributed by atoms with Crippen LogP contribution in [0.2, 0.25) is 0 Å². The minimum Gasteiger partial charge on any atom is -0.457 e. The number of benzene rings is 2. The van der Waals surface area contributed by atoms with E-state index in [0.717, 1.165) is 41.4 Å². The number of carbonyl (C=O) groups is 1. The van der Waals surface area contributed by atoms with Crippen LogP contribution in [0.25, 0.3) is 11.1 Å². The summed E-state index contributed by atoms with van der Waals surface area (Å²) in [7, 11) is 0. The molecule has 0 saturated heterocycles. The van der Waals surface area contributed by atoms with Crippen LogP contribution in [0.15, 0.2) is 73.2 Å². The Hall–Kier alpha value is -4.00. The van der Waals surface area contributed by atoms with E-state index in [1.807, 2.05) is 66.2 Å². The van der Waals surface area contributed by atoms with Gasteiger partial charge in [-0.3, -0.25) is 14.7 Å². The van der Waals surface area contributed by atoms with Gasteiger partial charge in [-0.1, -0.05) is 36.4 Å². The first-order valence-corrected chi connectivity index (χ1v) is 10.2. The van der Waals surface area contributed by atoms with Crippen molar-refractivity contribution in [3.63, 3.8) is 0 Å². The van der Waals surface area contributed by atoms with E-state index in [4.69, 9.17) is 9.84 Å². The molecule has 4 aromatic rings. The average Bonchev–Trinajstić information content (AvgIpc) is 3.16. The van der Waals surface area contributed by atoms with Crippen LogP contribution in [0.3, 0.4) is 0 Å². The summed E-state index contributed by atoms with van der Waals surface area (Å²) < 4.78 is 8.10. The minimum absolute atomic E-state index is 0.184. The number of fused-ring (bicyclic) bond motifs is 1. The smallest absolute Gasteiger partial charge is 0.279 e. The molecule has 5 rings (SSSR count). The van der Waals surface area contributed by atoms with Gasteiger partial charge < -0.3 is 4.74 Å². The number of carbonyl (C=O) groups excluding carboxylic acids is 1. The van der Waals surface area contributed by atoms with Crippen molar-refractivity contribution < 1.29 is 9.53 Å². The van der Waals surface area contributed by atoms with Gasteiger partial charge >= 0.3 is 0 Å². The van der Waals surface area contributed by atoms with Gasteiger partial charge in [-0.05, 0) is 31.5 Å². The molecule has 0 unspecified atom stereocenters. The first-order valence-electron chi connectivity index (χ1n) is 10.2. The van der Waals surface area contributed by atoms with Gasteiger partial charge in [0.15, 0.2) is 0 Å². The van der Waals surface area contributed by atoms with Gasteiger partial charge in [0, 0.05) is 31.0 Å². The summed E-state index contributed by atoms with van der Waals surface area (Å²) in [6.07, 6.45) is 5.41. The number of anilines is 1. The lowest BCUT2D eigenvalue weighted by molar-refractivity contribution is 0.0976. The van der Waals surface area contributed by atoms with Crippen LogP contribution in [0.5, 0.6) is 11.5 Å². The normalized spacial score (nSPS) is 13.0. The number of amides is 1. The molecule has 0 N–H and O–H groups in total. The van der Waals surface area contributed by atoms with Crippen LogP contribution in [0.1, 0.15) is 22.6 Å². The van der Waals surface area contributed by atoms with Gasteiger partial charge in [-0.15, -0.1) is 0 Å². The molecule has 0 radical (unpaired) electrons. The molecule has 3 heterocycles. The topological polar surface area (TPSA) is 73.1 Å². The van der Waals surface area contributed by atoms with Gasteiger partial charge in [-0.2, -0.15) is 5.10 Å². The zero-order valence-corrected chi connectivity index (χ0v) is 17.1. The molecule has 7 heteroatoms. The largest absolute Gasteiger partial charge is 0.457 e. The van der Waals surface area contributed by atoms with Crippen LogP contribution in [-0.2, 0) is 6.54 Å². The average molecular weight is 411 g/mol. The summed E-state index contributed by atoms with van der Waals surface area (Å²) in [5.41, 5.74) is 2.94. The van der Waals surface area contributed by atoms with Crippen LogP contribution in [-0.4, -0.2) is 32.2 Å². The zero-order valence-electron chi connectivity index (χ0n) is 17.1. The summed E-state index contributed by atoms with van der Waals surface area (Å²) in [5, 5.41) is 4.73. The summed E-state index contributed by atoms with van der Waals surface area (Å²) in [5.74, 6) is 2.05. The third-order valence-electron chi connectivity index (χ3n) is 5.26. The van der Waals surface area contributed by atoms with Crippen molar-refractivity contribution in [2.45, 2.75) is 19.9 Å². The lowest BCUT2D eigenvalue weighted by Crippen LogP contribution is -2.38. The summed E-state index contributed by atoms with van der Waals surface area (Å²) in [6, 6.07) is 17.5. The Balaban J connectivity index is 1.61. The lowest BCUT2D eigenvalue weighted by Gasteiger charge is -2.29. The molecule has 0 atom stereocenters. The second-order valence-electron chi connectivity index (χ2n) is 7.32. The molecule has 1 amide bonds. The highest BCUT2D eigenvalue weighted by atomic mass is 16.5. The third kappa shape index (κ3) is 3.54. The molecular weight excluding hydrogens is 390 g/mol. The highest BCUT2D eigenvalue weighted by molar-refractivity contribution is 6.06. The molecule has 1 aliphatic rings. The summed E-state index contributed by atoms with van der Waals surface area (Å²) >= 11 is 0. The van der Waals surface area contributed by atoms with E-state index in [0.29, 0.717) is 18.0 Å². The Bertz CT molecular complexity index is 1220. The fourth-order valence-electron chi connectivity index (χ4n) is 3.92. The number of aromatic nitrogens is 4. The van der Waals surface area contributed by atoms with Crippen molar-refractivity contribution in [2.24, 2.45) is 0 Å². The number of nitrogens with zero attached hydrogens (tertiary/aromatic N) is 5. The Kier molecular flexibility index (Phi) is 4.92. The Morgan fingerprint density at radius 2 is 1.81 bits per heavy atom. The molecule has 2 aromatic heterocycles. The molecule has 31 heavy (non-hydrogen) atoms. The number of para-hydroxylation sites is 2. The summed E-state index contributed by atoms with van der Waals surface area (Å²) in [4.78, 5) is 23.3. The van der Waals surface area contributed by atoms with Gasteiger partial charge in [0.2, 0.25) is 0 Å². The predicted octanol–water partition coefficient (Wildman–Crippen LogP) is 4.49. The van der Waals surface area contributed by atoms with E-state index in [9.17, 15) is 4.79 Å². The number of aryl methyl sites for hydroxylation is 2. The van der Waals surface area contributed by atoms with Crippen LogP contribution >= 0.6 is 0 Å². The van der Waals surface area contributed by atoms with Crippen molar-refractivity contribution in [1.29, 1.82) is 0 Å². The maximum atomic E-state index is 13.3. The van der Waals surface area contributed by atoms with Crippen molar-refractivity contribution in [3.05, 3.63) is 84.6 Å². The molecule has 0 fully saturated rings. The molecule has 0 saturated carbocycles. The van der Waals surface area contributed by atoms with E-state index in [1.54, 1.807) is 11.1 Å². The summed E-state index contributed by atoms with van der Waals surface area (Å²) in [6.45, 7) is 3.31. The van der Waals surface area contributed by atoms with Gasteiger partial charge in [-0.25, -0.2) is 9.67 Å². The Morgan fingerprint density at radius 1 is 1.00 bits per heavy atom. The van der Waals surface area contributed by atoms with E-state index in [2.05, 4.69) is 9.97 Å². The second-order valence-corrected chi connectivity index (χ2v) is 7.32. The number of hydrogen-bond donors (Lipinski definition) is 0. The van der Waals surface area contributed by atoms with E-state index in [-0.39, 0.29) is 5.91 Å². The van der Waals surface area contributed by atoms with Crippen molar-refractivity contribution in [3.8, 4) is 22.6 Å². The van der Waals surface area contributed by atoms with Crippen molar-refractivity contribution in [1.82, 2.24) is 19.7 Å². The maximum Gasteiger partial charge on any atom is 0.279 e. The Labute approximate surface area is 180 Å². The molecule has 154 valence electrons. The first kappa shape index (κ1) is 19.0. The molecule has 1 aliphatic heterocycles. The Morgan fingerprint density at radius 3 is 2.61 bits per heavy atom. The number of rotatable bonds is 4. The third-order valence-corrected chi connectivity index (χ3v) is 5.26. The molecule has 2 aromatic carbocycles. The molecule has 0 spiro atoms. The van der Waals surface area contributed by atoms with Gasteiger partial charge in [0.1, 0.15) is 23.0 Å². The highest BCUT2D eigenvalue weighted by Crippen LogP contribution is 2.42. The fourth-order valence-corrected chi connectivity index (χ4v) is 3.92. The maximum absolute atomic E-state index is 13.3. The lowest BCUT2D eigenvalue weighted by atomic mass is 10.0. The van der Waals surface area contributed by atoms with Crippen LogP contribution < -0.4 is 9.64 Å². The van der Waals surface area contributed by atoms with E-state index >= 15 is 0 Å². The SMILES string of the molecule is Cc1nn2c(c1-c1ccccc1Oc1ccccc1)N(C(=O)c1cnccn1)CCC2. The standard InChI is InChI=1S/C24H21N5O2/c1-17-22(19-10-5-6-11-21(19)31-18-8-3-2-4-9-18)23-28(14-7-15-29(23)27-17)24(30)20-16-25-12-13-26-20/h2-6,8-13,16H,7,14-15H2,1H3. The minimum atomic E-state index is -0.184. The van der Waals surface area contributed by atoms with Gasteiger partial charge in [0.05, 0.1) is 17.5 Å². The molecule has 7 nitrogen and oxygen atoms in total. The van der Waals surface area contributed by atoms with Crippen molar-refractivity contribution in [2.75, 3.05) is 11.4 Å². The van der Waals surface area contributed by atoms with Gasteiger partial charge in [0.25, 0.3) is 5.91 Å². The van der Waals surface area contributed by atoms with Crippen molar-refractivity contribution >= 4 is 11.7 Å². The quantitative estimate of drug-likeness (QED) is 0.495. The van der Waals surface area contributed by atoms with E-state index in [1.165, 1.54) is 12.4 Å². The first-order chi connectivity index (χ1) is 15.2. The second kappa shape index (κ2) is 8.02. The molecule has 0 aliphatic carbocycles. The van der Waals surface area contributed by atoms with Crippen LogP contribution in [0.4, 0.5) is 5.82 Å². The number of hydrogen-bond acceptors (Lipinski definition) is 5. The molecular formula is C24H21N5O2.